The number of phenols is 1. The molecule has 3 atom stereocenters. The van der Waals surface area contributed by atoms with Gasteiger partial charge in [-0.3, -0.25) is 4.79 Å². The Bertz CT molecular complexity index is 1050. The first-order valence-electron chi connectivity index (χ1n) is 13.0. The van der Waals surface area contributed by atoms with Crippen molar-refractivity contribution in [3.8, 4) is 17.2 Å². The molecule has 4 heteroatoms. The number of phenolic OH excluding ortho intramolecular Hbond substituents is 1. The van der Waals surface area contributed by atoms with Crippen molar-refractivity contribution in [2.75, 3.05) is 0 Å². The molecule has 1 saturated carbocycles. The Kier molecular flexibility index (Phi) is 6.42. The van der Waals surface area contributed by atoms with Gasteiger partial charge >= 0.3 is 0 Å². The second kappa shape index (κ2) is 8.77. The minimum absolute atomic E-state index is 0.0404. The van der Waals surface area contributed by atoms with Crippen LogP contribution in [-0.4, -0.2) is 22.1 Å². The summed E-state index contributed by atoms with van der Waals surface area (Å²) in [4.78, 5) is 13.4. The summed E-state index contributed by atoms with van der Waals surface area (Å²) in [6, 6.07) is 0. The molecule has 4 rings (SSSR count). The van der Waals surface area contributed by atoms with Gasteiger partial charge in [0, 0.05) is 28.9 Å². The Hall–Kier alpha value is -2.23. The Labute approximate surface area is 205 Å². The summed E-state index contributed by atoms with van der Waals surface area (Å²) in [6.45, 7) is 16.6. The lowest BCUT2D eigenvalue weighted by Crippen LogP contribution is -2.54. The summed E-state index contributed by atoms with van der Waals surface area (Å²) < 4.78 is 13.3. The Balaban J connectivity index is 1.86. The summed E-state index contributed by atoms with van der Waals surface area (Å²) in [5, 5.41) is 11.6. The molecule has 186 valence electrons. The molecule has 2 heterocycles. The predicted octanol–water partition coefficient (Wildman–Crippen LogP) is 7.67. The van der Waals surface area contributed by atoms with E-state index in [1.165, 1.54) is 11.1 Å². The molecule has 2 bridgehead atoms. The molecule has 0 amide bonds. The number of fused-ring (bicyclic) bond motifs is 1. The lowest BCUT2D eigenvalue weighted by molar-refractivity contribution is -0.0736. The highest BCUT2D eigenvalue weighted by Crippen LogP contribution is 2.63. The van der Waals surface area contributed by atoms with Crippen LogP contribution in [0.3, 0.4) is 0 Å². The number of hydrogen-bond donors (Lipinski definition) is 1. The summed E-state index contributed by atoms with van der Waals surface area (Å²) >= 11 is 0. The van der Waals surface area contributed by atoms with Crippen molar-refractivity contribution in [2.24, 2.45) is 11.8 Å². The number of rotatable bonds is 7. The van der Waals surface area contributed by atoms with Gasteiger partial charge in [-0.1, -0.05) is 37.1 Å². The quantitative estimate of drug-likeness (QED) is 0.331. The van der Waals surface area contributed by atoms with Gasteiger partial charge in [-0.25, -0.2) is 0 Å². The molecule has 1 N–H and O–H groups in total. The van der Waals surface area contributed by atoms with E-state index >= 15 is 0 Å². The molecule has 0 radical (unpaired) electrons. The minimum Gasteiger partial charge on any atom is -0.507 e. The number of ether oxygens (including phenoxy) is 2. The maximum Gasteiger partial charge on any atom is 0.172 e. The third kappa shape index (κ3) is 4.29. The van der Waals surface area contributed by atoms with Gasteiger partial charge in [0.05, 0.1) is 0 Å². The van der Waals surface area contributed by atoms with Crippen molar-refractivity contribution in [3.63, 3.8) is 0 Å². The van der Waals surface area contributed by atoms with E-state index in [0.29, 0.717) is 23.7 Å². The Morgan fingerprint density at radius 3 is 2.47 bits per heavy atom. The van der Waals surface area contributed by atoms with Crippen LogP contribution in [0.1, 0.15) is 115 Å². The van der Waals surface area contributed by atoms with Gasteiger partial charge in [-0.05, 0) is 80.1 Å². The van der Waals surface area contributed by atoms with E-state index in [4.69, 9.17) is 9.47 Å². The number of benzene rings is 1. The van der Waals surface area contributed by atoms with Gasteiger partial charge in [0.2, 0.25) is 0 Å². The fourth-order valence-corrected chi connectivity index (χ4v) is 6.18. The van der Waals surface area contributed by atoms with Crippen LogP contribution in [0.4, 0.5) is 0 Å². The van der Waals surface area contributed by atoms with E-state index in [2.05, 4.69) is 53.7 Å². The van der Waals surface area contributed by atoms with Crippen LogP contribution in [-0.2, 0) is 6.42 Å². The second-order valence-electron chi connectivity index (χ2n) is 12.1. The van der Waals surface area contributed by atoms with Crippen molar-refractivity contribution in [2.45, 2.75) is 111 Å². The maximum absolute atomic E-state index is 13.4. The van der Waals surface area contributed by atoms with Crippen LogP contribution in [0.25, 0.3) is 0 Å². The lowest BCUT2D eigenvalue weighted by Gasteiger charge is -2.55. The fraction of sp³-hybridized carbons (Fsp3) is 0.633. The number of ketones is 1. The Morgan fingerprint density at radius 1 is 1.12 bits per heavy atom. The largest absolute Gasteiger partial charge is 0.507 e. The zero-order chi connectivity index (χ0) is 25.0. The standard InChI is InChI=1S/C30H42O4/c1-17(2)10-9-11-19(5)12-13-20-26(32)24(25(31)18(3)4)28-23-21-16-30(8,34-28)15-14-22(21)29(6,7)33-27(20)23/h10,12,18,21-22,32H,9,11,13-16H2,1-8H3/b19-12+/t21-,22+,30-/m1/s1. The molecule has 0 aromatic heterocycles. The van der Waals surface area contributed by atoms with Crippen LogP contribution in [0, 0.1) is 11.8 Å². The number of Topliss-reactive ketones (excluding diaryl/α,β-unsaturated/α-hetero) is 1. The molecular formula is C30H42O4. The summed E-state index contributed by atoms with van der Waals surface area (Å²) in [5.41, 5.74) is 4.07. The maximum atomic E-state index is 13.4. The number of hydrogen-bond acceptors (Lipinski definition) is 4. The first-order chi connectivity index (χ1) is 15.8. The van der Waals surface area contributed by atoms with Crippen LogP contribution < -0.4 is 9.47 Å². The molecule has 0 unspecified atom stereocenters. The molecule has 0 saturated heterocycles. The van der Waals surface area contributed by atoms with E-state index in [0.717, 1.165) is 49.0 Å². The summed E-state index contributed by atoms with van der Waals surface area (Å²) in [7, 11) is 0. The highest BCUT2D eigenvalue weighted by molar-refractivity contribution is 6.04. The van der Waals surface area contributed by atoms with Gasteiger partial charge in [-0.15, -0.1) is 0 Å². The van der Waals surface area contributed by atoms with Gasteiger partial charge in [-0.2, -0.15) is 0 Å². The van der Waals surface area contributed by atoms with Crippen molar-refractivity contribution in [1.82, 2.24) is 0 Å². The first-order valence-corrected chi connectivity index (χ1v) is 13.0. The molecule has 34 heavy (non-hydrogen) atoms. The monoisotopic (exact) mass is 466 g/mol. The zero-order valence-electron chi connectivity index (χ0n) is 22.3. The molecule has 2 aliphatic heterocycles. The molecular weight excluding hydrogens is 424 g/mol. The third-order valence-corrected chi connectivity index (χ3v) is 8.13. The zero-order valence-corrected chi connectivity index (χ0v) is 22.3. The van der Waals surface area contributed by atoms with Gasteiger partial charge in [0.25, 0.3) is 0 Å². The highest BCUT2D eigenvalue weighted by atomic mass is 16.5. The number of carbonyl (C=O) groups is 1. The van der Waals surface area contributed by atoms with Crippen molar-refractivity contribution in [1.29, 1.82) is 0 Å². The third-order valence-electron chi connectivity index (χ3n) is 8.13. The second-order valence-corrected chi connectivity index (χ2v) is 12.1. The summed E-state index contributed by atoms with van der Waals surface area (Å²) in [5.74, 6) is 1.72. The summed E-state index contributed by atoms with van der Waals surface area (Å²) in [6.07, 6.45) is 9.85. The molecule has 3 aliphatic rings. The Morgan fingerprint density at radius 2 is 1.82 bits per heavy atom. The van der Waals surface area contributed by atoms with E-state index in [1.807, 2.05) is 13.8 Å². The van der Waals surface area contributed by atoms with Crippen molar-refractivity contribution >= 4 is 5.78 Å². The predicted molar refractivity (Wildman–Crippen MR) is 137 cm³/mol. The smallest absolute Gasteiger partial charge is 0.172 e. The van der Waals surface area contributed by atoms with Crippen LogP contribution in [0.15, 0.2) is 23.3 Å². The van der Waals surface area contributed by atoms with E-state index < -0.39 is 0 Å². The van der Waals surface area contributed by atoms with E-state index in [-0.39, 0.29) is 34.6 Å². The number of carbonyl (C=O) groups excluding carboxylic acids is 1. The van der Waals surface area contributed by atoms with Gasteiger partial charge < -0.3 is 14.6 Å². The minimum atomic E-state index is -0.333. The average molecular weight is 467 g/mol. The lowest BCUT2D eigenvalue weighted by atomic mass is 9.61. The SMILES string of the molecule is CC(C)=CCC/C(C)=C/Cc1c(O)c(C(=O)C(C)C)c2c3c1OC(C)(C)[C@H]1CC[C@](C)(C[C@@H]31)O2. The molecule has 0 spiro atoms. The van der Waals surface area contributed by atoms with Crippen molar-refractivity contribution in [3.05, 3.63) is 40.0 Å². The molecule has 1 aliphatic carbocycles. The molecule has 1 fully saturated rings. The topological polar surface area (TPSA) is 55.8 Å². The van der Waals surface area contributed by atoms with Crippen molar-refractivity contribution < 1.29 is 19.4 Å². The van der Waals surface area contributed by atoms with Gasteiger partial charge in [0.15, 0.2) is 5.78 Å². The highest BCUT2D eigenvalue weighted by Gasteiger charge is 2.56. The van der Waals surface area contributed by atoms with Crippen LogP contribution in [0.5, 0.6) is 17.2 Å². The number of allylic oxidation sites excluding steroid dienone is 4. The van der Waals surface area contributed by atoms with Gasteiger partial charge in [0.1, 0.15) is 34.0 Å². The molecule has 4 nitrogen and oxygen atoms in total. The van der Waals surface area contributed by atoms with E-state index in [1.54, 1.807) is 0 Å². The van der Waals surface area contributed by atoms with Crippen LogP contribution >= 0.6 is 0 Å². The first kappa shape index (κ1) is 24.9. The van der Waals surface area contributed by atoms with Crippen LogP contribution in [0.2, 0.25) is 0 Å². The average Bonchev–Trinajstić information content (AvgIpc) is 2.71. The molecule has 1 aromatic rings. The molecule has 1 aromatic carbocycles. The normalized spacial score (nSPS) is 26.6. The number of aromatic hydroxyl groups is 1. The van der Waals surface area contributed by atoms with E-state index in [9.17, 15) is 9.90 Å². The fourth-order valence-electron chi connectivity index (χ4n) is 6.18.